The Bertz CT molecular complexity index is 482. The van der Waals surface area contributed by atoms with Gasteiger partial charge in [-0.2, -0.15) is 0 Å². The molecule has 0 aliphatic carbocycles. The number of hydrogen-bond donors (Lipinski definition) is 0. The first-order valence-electron chi connectivity index (χ1n) is 4.83. The van der Waals surface area contributed by atoms with Crippen LogP contribution in [0.4, 0.5) is 13.2 Å². The molecule has 1 aromatic rings. The van der Waals surface area contributed by atoms with Gasteiger partial charge in [-0.3, -0.25) is 4.79 Å². The Morgan fingerprint density at radius 3 is 2.63 bits per heavy atom. The summed E-state index contributed by atoms with van der Waals surface area (Å²) in [5.41, 5.74) is 0.154. The third-order valence-corrected chi connectivity index (χ3v) is 3.15. The smallest absolute Gasteiger partial charge is 0.469 e. The standard InChI is InChI=1S/C10H8BrF3INO3/c1-18-8(17)3-6-9(19-10(12,13)14)5(4-11)2-7(15)16-6/h2H,3-4H2,1H3. The van der Waals surface area contributed by atoms with Gasteiger partial charge < -0.3 is 9.47 Å². The maximum Gasteiger partial charge on any atom is 0.573 e. The summed E-state index contributed by atoms with van der Waals surface area (Å²) in [6, 6.07) is 1.44. The van der Waals surface area contributed by atoms with E-state index in [-0.39, 0.29) is 16.6 Å². The van der Waals surface area contributed by atoms with Crippen molar-refractivity contribution in [1.82, 2.24) is 4.98 Å². The zero-order valence-corrected chi connectivity index (χ0v) is 13.3. The van der Waals surface area contributed by atoms with E-state index in [1.807, 2.05) is 22.6 Å². The summed E-state index contributed by atoms with van der Waals surface area (Å²) in [5.74, 6) is -1.16. The second-order valence-electron chi connectivity index (χ2n) is 3.31. The molecule has 106 valence electrons. The highest BCUT2D eigenvalue weighted by Gasteiger charge is 2.34. The Kier molecular flexibility index (Phi) is 5.83. The third-order valence-electron chi connectivity index (χ3n) is 1.99. The quantitative estimate of drug-likeness (QED) is 0.304. The Hall–Kier alpha value is -0.580. The topological polar surface area (TPSA) is 48.4 Å². The number of nitrogens with zero attached hydrogens (tertiary/aromatic N) is 1. The molecule has 0 saturated carbocycles. The fraction of sp³-hybridized carbons (Fsp3) is 0.400. The number of aromatic nitrogens is 1. The molecule has 0 unspecified atom stereocenters. The lowest BCUT2D eigenvalue weighted by molar-refractivity contribution is -0.275. The number of halogens is 5. The molecule has 0 spiro atoms. The molecular formula is C10H8BrF3INO3. The van der Waals surface area contributed by atoms with Crippen LogP contribution in [0.5, 0.6) is 5.75 Å². The number of pyridine rings is 1. The fourth-order valence-electron chi connectivity index (χ4n) is 1.27. The lowest BCUT2D eigenvalue weighted by atomic mass is 10.2. The van der Waals surface area contributed by atoms with Crippen LogP contribution < -0.4 is 4.74 Å². The molecule has 0 N–H and O–H groups in total. The highest BCUT2D eigenvalue weighted by Crippen LogP contribution is 2.32. The van der Waals surface area contributed by atoms with Crippen LogP contribution in [0, 0.1) is 3.70 Å². The Labute approximate surface area is 128 Å². The Morgan fingerprint density at radius 2 is 2.16 bits per heavy atom. The maximum absolute atomic E-state index is 12.4. The monoisotopic (exact) mass is 453 g/mol. The van der Waals surface area contributed by atoms with Gasteiger partial charge in [0.05, 0.1) is 19.2 Å². The van der Waals surface area contributed by atoms with Crippen molar-refractivity contribution in [3.63, 3.8) is 0 Å². The third kappa shape index (κ3) is 5.13. The predicted octanol–water partition coefficient (Wildman–Crippen LogP) is 3.20. The van der Waals surface area contributed by atoms with Crippen molar-refractivity contribution in [1.29, 1.82) is 0 Å². The Morgan fingerprint density at radius 1 is 1.53 bits per heavy atom. The number of alkyl halides is 4. The minimum atomic E-state index is -4.85. The lowest BCUT2D eigenvalue weighted by Gasteiger charge is -2.15. The van der Waals surface area contributed by atoms with Gasteiger partial charge in [0.1, 0.15) is 3.70 Å². The van der Waals surface area contributed by atoms with Crippen LogP contribution in [-0.4, -0.2) is 24.4 Å². The van der Waals surface area contributed by atoms with E-state index in [1.54, 1.807) is 0 Å². The van der Waals surface area contributed by atoms with E-state index < -0.39 is 24.5 Å². The summed E-state index contributed by atoms with van der Waals surface area (Å²) < 4.78 is 46.0. The van der Waals surface area contributed by atoms with E-state index in [1.165, 1.54) is 6.07 Å². The van der Waals surface area contributed by atoms with Gasteiger partial charge in [0.25, 0.3) is 0 Å². The number of ether oxygens (including phenoxy) is 2. The molecule has 0 amide bonds. The van der Waals surface area contributed by atoms with E-state index in [0.29, 0.717) is 3.70 Å². The summed E-state index contributed by atoms with van der Waals surface area (Å²) >= 11 is 4.92. The van der Waals surface area contributed by atoms with Crippen LogP contribution >= 0.6 is 38.5 Å². The van der Waals surface area contributed by atoms with Gasteiger partial charge in [-0.15, -0.1) is 13.2 Å². The van der Waals surface area contributed by atoms with Gasteiger partial charge in [0.15, 0.2) is 5.75 Å². The van der Waals surface area contributed by atoms with E-state index in [4.69, 9.17) is 0 Å². The molecule has 1 aromatic heterocycles. The van der Waals surface area contributed by atoms with Crippen molar-refractivity contribution >= 4 is 44.5 Å². The van der Waals surface area contributed by atoms with Crippen molar-refractivity contribution in [2.24, 2.45) is 0 Å². The van der Waals surface area contributed by atoms with Crippen molar-refractivity contribution in [3.05, 3.63) is 21.0 Å². The number of rotatable bonds is 4. The molecule has 0 aliphatic rings. The van der Waals surface area contributed by atoms with Crippen LogP contribution in [0.1, 0.15) is 11.3 Å². The molecule has 0 aromatic carbocycles. The van der Waals surface area contributed by atoms with Gasteiger partial charge in [-0.1, -0.05) is 15.9 Å². The van der Waals surface area contributed by atoms with Gasteiger partial charge in [-0.05, 0) is 28.7 Å². The molecule has 0 aliphatic heterocycles. The van der Waals surface area contributed by atoms with Crippen molar-refractivity contribution in [2.75, 3.05) is 7.11 Å². The summed E-state index contributed by atoms with van der Waals surface area (Å²) in [7, 11) is 1.14. The molecule has 1 heterocycles. The molecule has 0 bridgehead atoms. The van der Waals surface area contributed by atoms with Gasteiger partial charge in [-0.25, -0.2) is 4.98 Å². The van der Waals surface area contributed by atoms with Crippen molar-refractivity contribution in [3.8, 4) is 5.75 Å². The average molecular weight is 454 g/mol. The average Bonchev–Trinajstić information content (AvgIpc) is 2.30. The number of esters is 1. The first kappa shape index (κ1) is 16.5. The first-order valence-corrected chi connectivity index (χ1v) is 7.03. The molecule has 0 saturated heterocycles. The highest BCUT2D eigenvalue weighted by atomic mass is 127. The van der Waals surface area contributed by atoms with E-state index in [2.05, 4.69) is 30.4 Å². The zero-order chi connectivity index (χ0) is 14.6. The molecular weight excluding hydrogens is 446 g/mol. The Balaban J connectivity index is 3.25. The van der Waals surface area contributed by atoms with Crippen LogP contribution in [0.15, 0.2) is 6.07 Å². The molecule has 0 fully saturated rings. The largest absolute Gasteiger partial charge is 0.573 e. The van der Waals surface area contributed by atoms with Crippen LogP contribution in [0.2, 0.25) is 0 Å². The molecule has 19 heavy (non-hydrogen) atoms. The van der Waals surface area contributed by atoms with E-state index in [9.17, 15) is 18.0 Å². The van der Waals surface area contributed by atoms with Crippen molar-refractivity contribution < 1.29 is 27.4 Å². The molecule has 4 nitrogen and oxygen atoms in total. The van der Waals surface area contributed by atoms with E-state index in [0.717, 1.165) is 7.11 Å². The number of carbonyl (C=O) groups is 1. The minimum Gasteiger partial charge on any atom is -0.469 e. The second kappa shape index (κ2) is 6.73. The molecule has 9 heteroatoms. The molecule has 1 rings (SSSR count). The SMILES string of the molecule is COC(=O)Cc1nc(I)cc(CBr)c1OC(F)(F)F. The van der Waals surface area contributed by atoms with Gasteiger partial charge >= 0.3 is 12.3 Å². The highest BCUT2D eigenvalue weighted by molar-refractivity contribution is 14.1. The first-order chi connectivity index (χ1) is 8.76. The van der Waals surface area contributed by atoms with Crippen molar-refractivity contribution in [2.45, 2.75) is 18.1 Å². The summed E-state index contributed by atoms with van der Waals surface area (Å²) in [6.45, 7) is 0. The fourth-order valence-corrected chi connectivity index (χ4v) is 2.36. The van der Waals surface area contributed by atoms with Crippen LogP contribution in [0.25, 0.3) is 0 Å². The number of methoxy groups -OCH3 is 1. The predicted molar refractivity (Wildman–Crippen MR) is 72.0 cm³/mol. The van der Waals surface area contributed by atoms with Crippen LogP contribution in [0.3, 0.4) is 0 Å². The summed E-state index contributed by atoms with van der Waals surface area (Å²) in [4.78, 5) is 15.1. The van der Waals surface area contributed by atoms with Gasteiger partial charge in [0.2, 0.25) is 0 Å². The molecule has 0 radical (unpaired) electrons. The normalized spacial score (nSPS) is 11.3. The number of hydrogen-bond acceptors (Lipinski definition) is 4. The maximum atomic E-state index is 12.4. The minimum absolute atomic E-state index is 0.106. The summed E-state index contributed by atoms with van der Waals surface area (Å²) in [5, 5.41) is 0.144. The summed E-state index contributed by atoms with van der Waals surface area (Å²) in [6.07, 6.45) is -5.24. The van der Waals surface area contributed by atoms with Crippen LogP contribution in [-0.2, 0) is 21.3 Å². The lowest BCUT2D eigenvalue weighted by Crippen LogP contribution is -2.21. The second-order valence-corrected chi connectivity index (χ2v) is 4.98. The zero-order valence-electron chi connectivity index (χ0n) is 9.55. The molecule has 0 atom stereocenters. The van der Waals surface area contributed by atoms with Gasteiger partial charge in [0, 0.05) is 10.9 Å². The van der Waals surface area contributed by atoms with E-state index >= 15 is 0 Å². The number of carbonyl (C=O) groups excluding carboxylic acids is 1.